The number of hydrogen-bond donors (Lipinski definition) is 0. The molecule has 0 bridgehead atoms. The van der Waals surface area contributed by atoms with E-state index in [0.29, 0.717) is 0 Å². The highest BCUT2D eigenvalue weighted by Gasteiger charge is 2.46. The number of hydrogen-bond acceptors (Lipinski definition) is 2. The van der Waals surface area contributed by atoms with Crippen molar-refractivity contribution < 1.29 is 9.53 Å². The van der Waals surface area contributed by atoms with Crippen LogP contribution in [0.25, 0.3) is 0 Å². The van der Waals surface area contributed by atoms with Crippen LogP contribution in [0.5, 0.6) is 0 Å². The van der Waals surface area contributed by atoms with Crippen molar-refractivity contribution in [1.82, 2.24) is 0 Å². The second-order valence-corrected chi connectivity index (χ2v) is 5.62. The molecular formula is C18H18O2. The van der Waals surface area contributed by atoms with E-state index in [0.717, 1.165) is 18.4 Å². The zero-order valence-corrected chi connectivity index (χ0v) is 11.6. The summed E-state index contributed by atoms with van der Waals surface area (Å²) in [7, 11) is 0. The quantitative estimate of drug-likeness (QED) is 0.795. The number of cyclic esters (lactones) is 1. The lowest BCUT2D eigenvalue weighted by molar-refractivity contribution is -0.145. The normalized spacial score (nSPS) is 25.4. The molecule has 1 aliphatic heterocycles. The minimum atomic E-state index is -0.513. The lowest BCUT2D eigenvalue weighted by atomic mass is 9.79. The Labute approximate surface area is 119 Å². The molecule has 0 aliphatic carbocycles. The van der Waals surface area contributed by atoms with Gasteiger partial charge in [-0.05, 0) is 18.1 Å². The highest BCUT2D eigenvalue weighted by molar-refractivity contribution is 5.84. The maximum Gasteiger partial charge on any atom is 0.316 e. The van der Waals surface area contributed by atoms with Gasteiger partial charge in [-0.25, -0.2) is 0 Å². The van der Waals surface area contributed by atoms with Crippen LogP contribution < -0.4 is 0 Å². The Morgan fingerprint density at radius 1 is 1.05 bits per heavy atom. The van der Waals surface area contributed by atoms with Crippen molar-refractivity contribution >= 4 is 5.97 Å². The summed E-state index contributed by atoms with van der Waals surface area (Å²) < 4.78 is 5.60. The van der Waals surface area contributed by atoms with Gasteiger partial charge in [0, 0.05) is 12.8 Å². The van der Waals surface area contributed by atoms with Gasteiger partial charge in [0.1, 0.15) is 6.10 Å². The lowest BCUT2D eigenvalue weighted by Crippen LogP contribution is -2.27. The largest absolute Gasteiger partial charge is 0.461 e. The van der Waals surface area contributed by atoms with Crippen molar-refractivity contribution in [3.8, 4) is 0 Å². The highest BCUT2D eigenvalue weighted by atomic mass is 16.6. The molecule has 0 spiro atoms. The van der Waals surface area contributed by atoms with E-state index in [1.54, 1.807) is 0 Å². The van der Waals surface area contributed by atoms with E-state index >= 15 is 0 Å². The van der Waals surface area contributed by atoms with Crippen LogP contribution >= 0.6 is 0 Å². The van der Waals surface area contributed by atoms with Gasteiger partial charge in [-0.3, -0.25) is 4.79 Å². The Bertz CT molecular complexity index is 591. The fourth-order valence-electron chi connectivity index (χ4n) is 2.89. The van der Waals surface area contributed by atoms with Gasteiger partial charge in [0.15, 0.2) is 0 Å². The molecule has 0 N–H and O–H groups in total. The highest BCUT2D eigenvalue weighted by Crippen LogP contribution is 2.38. The number of carbonyl (C=O) groups excluding carboxylic acids is 1. The summed E-state index contributed by atoms with van der Waals surface area (Å²) in [4.78, 5) is 12.3. The second-order valence-electron chi connectivity index (χ2n) is 5.62. The van der Waals surface area contributed by atoms with Crippen LogP contribution in [-0.2, 0) is 21.4 Å². The van der Waals surface area contributed by atoms with Crippen LogP contribution in [0.3, 0.4) is 0 Å². The molecule has 0 saturated carbocycles. The SMILES string of the molecule is CC1(c2ccccc2)CC(Cc2ccccc2)OC1=O. The Hall–Kier alpha value is -2.09. The molecule has 2 atom stereocenters. The van der Waals surface area contributed by atoms with Gasteiger partial charge in [-0.2, -0.15) is 0 Å². The maximum atomic E-state index is 12.3. The van der Waals surface area contributed by atoms with Crippen molar-refractivity contribution in [3.05, 3.63) is 71.8 Å². The minimum Gasteiger partial charge on any atom is -0.461 e. The fraction of sp³-hybridized carbons (Fsp3) is 0.278. The zero-order valence-electron chi connectivity index (χ0n) is 11.6. The average molecular weight is 266 g/mol. The number of benzene rings is 2. The van der Waals surface area contributed by atoms with Crippen molar-refractivity contribution in [2.75, 3.05) is 0 Å². The average Bonchev–Trinajstić information content (AvgIpc) is 2.77. The first-order valence-corrected chi connectivity index (χ1v) is 6.99. The van der Waals surface area contributed by atoms with E-state index in [4.69, 9.17) is 4.74 Å². The van der Waals surface area contributed by atoms with Gasteiger partial charge in [0.2, 0.25) is 0 Å². The first kappa shape index (κ1) is 12.9. The van der Waals surface area contributed by atoms with Crippen LogP contribution in [-0.4, -0.2) is 12.1 Å². The predicted octanol–water partition coefficient (Wildman–Crippen LogP) is 3.50. The van der Waals surface area contributed by atoms with Gasteiger partial charge in [-0.15, -0.1) is 0 Å². The topological polar surface area (TPSA) is 26.3 Å². The van der Waals surface area contributed by atoms with Crippen molar-refractivity contribution in [2.45, 2.75) is 31.3 Å². The molecule has 2 nitrogen and oxygen atoms in total. The van der Waals surface area contributed by atoms with E-state index < -0.39 is 5.41 Å². The molecule has 2 aromatic carbocycles. The molecule has 0 amide bonds. The molecule has 0 aromatic heterocycles. The van der Waals surface area contributed by atoms with E-state index in [9.17, 15) is 4.79 Å². The van der Waals surface area contributed by atoms with Crippen molar-refractivity contribution in [1.29, 1.82) is 0 Å². The lowest BCUT2D eigenvalue weighted by Gasteiger charge is -2.19. The van der Waals surface area contributed by atoms with Gasteiger partial charge in [-0.1, -0.05) is 60.7 Å². The van der Waals surface area contributed by atoms with Crippen molar-refractivity contribution in [3.63, 3.8) is 0 Å². The molecule has 2 aromatic rings. The molecule has 20 heavy (non-hydrogen) atoms. The number of carbonyl (C=O) groups is 1. The Kier molecular flexibility index (Phi) is 3.31. The van der Waals surface area contributed by atoms with Crippen LogP contribution in [0.4, 0.5) is 0 Å². The van der Waals surface area contributed by atoms with Gasteiger partial charge in [0.05, 0.1) is 5.41 Å². The monoisotopic (exact) mass is 266 g/mol. The molecule has 1 fully saturated rings. The van der Waals surface area contributed by atoms with Crippen LogP contribution in [0.2, 0.25) is 0 Å². The summed E-state index contributed by atoms with van der Waals surface area (Å²) in [6.07, 6.45) is 1.50. The third-order valence-corrected chi connectivity index (χ3v) is 4.08. The van der Waals surface area contributed by atoms with Gasteiger partial charge in [0.25, 0.3) is 0 Å². The summed E-state index contributed by atoms with van der Waals surface area (Å²) >= 11 is 0. The maximum absolute atomic E-state index is 12.3. The van der Waals surface area contributed by atoms with Crippen LogP contribution in [0, 0.1) is 0 Å². The van der Waals surface area contributed by atoms with Crippen molar-refractivity contribution in [2.24, 2.45) is 0 Å². The Morgan fingerprint density at radius 2 is 1.65 bits per heavy atom. The van der Waals surface area contributed by atoms with E-state index in [1.807, 2.05) is 55.5 Å². The molecule has 1 aliphatic rings. The third-order valence-electron chi connectivity index (χ3n) is 4.08. The minimum absolute atomic E-state index is 0.0323. The molecule has 2 unspecified atom stereocenters. The summed E-state index contributed by atoms with van der Waals surface area (Å²) in [6.45, 7) is 1.98. The first-order chi connectivity index (χ1) is 9.68. The molecule has 0 radical (unpaired) electrons. The number of ether oxygens (including phenoxy) is 1. The molecule has 2 heteroatoms. The molecule has 102 valence electrons. The van der Waals surface area contributed by atoms with Gasteiger partial charge < -0.3 is 4.74 Å². The molecular weight excluding hydrogens is 248 g/mol. The fourth-order valence-corrected chi connectivity index (χ4v) is 2.89. The summed E-state index contributed by atoms with van der Waals surface area (Å²) in [5.74, 6) is -0.107. The van der Waals surface area contributed by atoms with Crippen LogP contribution in [0.1, 0.15) is 24.5 Å². The molecule has 1 heterocycles. The van der Waals surface area contributed by atoms with E-state index in [1.165, 1.54) is 5.56 Å². The zero-order chi connectivity index (χ0) is 14.0. The van der Waals surface area contributed by atoms with Gasteiger partial charge >= 0.3 is 5.97 Å². The number of esters is 1. The third kappa shape index (κ3) is 2.34. The summed E-state index contributed by atoms with van der Waals surface area (Å²) in [5.41, 5.74) is 1.74. The molecule has 3 rings (SSSR count). The molecule has 1 saturated heterocycles. The number of rotatable bonds is 3. The summed E-state index contributed by atoms with van der Waals surface area (Å²) in [6, 6.07) is 20.1. The first-order valence-electron chi connectivity index (χ1n) is 6.99. The van der Waals surface area contributed by atoms with E-state index in [2.05, 4.69) is 12.1 Å². The van der Waals surface area contributed by atoms with Crippen LogP contribution in [0.15, 0.2) is 60.7 Å². The Balaban J connectivity index is 1.79. The standard InChI is InChI=1S/C18H18O2/c1-18(15-10-6-3-7-11-15)13-16(20-17(18)19)12-14-8-4-2-5-9-14/h2-11,16H,12-13H2,1H3. The Morgan fingerprint density at radius 3 is 2.30 bits per heavy atom. The second kappa shape index (κ2) is 5.12. The summed E-state index contributed by atoms with van der Waals surface area (Å²) in [5, 5.41) is 0. The smallest absolute Gasteiger partial charge is 0.316 e. The predicted molar refractivity (Wildman–Crippen MR) is 78.4 cm³/mol. The van der Waals surface area contributed by atoms with E-state index in [-0.39, 0.29) is 12.1 Å².